The van der Waals surface area contributed by atoms with Gasteiger partial charge in [-0.3, -0.25) is 4.79 Å². The number of nitrogens with zero attached hydrogens (tertiary/aromatic N) is 3. The molecule has 0 spiro atoms. The first kappa shape index (κ1) is 10.5. The van der Waals surface area contributed by atoms with Gasteiger partial charge in [0.25, 0.3) is 0 Å². The molecular weight excluding hydrogens is 182 g/mol. The van der Waals surface area contributed by atoms with Crippen LogP contribution in [0.15, 0.2) is 6.20 Å². The van der Waals surface area contributed by atoms with Gasteiger partial charge in [0, 0.05) is 13.6 Å². The normalized spacial score (nSPS) is 11.4. The number of nitrogens with one attached hydrogen (secondary N) is 1. The molecule has 1 aromatic rings. The van der Waals surface area contributed by atoms with Crippen LogP contribution in [-0.2, 0) is 11.8 Å². The lowest BCUT2D eigenvalue weighted by molar-refractivity contribution is -0.125. The highest BCUT2D eigenvalue weighted by atomic mass is 16.1. The maximum absolute atomic E-state index is 11.0. The van der Waals surface area contributed by atoms with E-state index in [0.29, 0.717) is 6.54 Å². The molecule has 0 atom stereocenters. The summed E-state index contributed by atoms with van der Waals surface area (Å²) in [5.74, 6) is 0.430. The molecule has 1 heterocycles. The number of hydrogen-bond acceptors (Lipinski definition) is 4. The van der Waals surface area contributed by atoms with Crippen LogP contribution >= 0.6 is 0 Å². The van der Waals surface area contributed by atoms with Gasteiger partial charge in [0.05, 0.1) is 11.6 Å². The van der Waals surface area contributed by atoms with E-state index in [1.807, 2.05) is 0 Å². The van der Waals surface area contributed by atoms with E-state index < -0.39 is 5.41 Å². The second-order valence-electron chi connectivity index (χ2n) is 3.84. The molecule has 0 radical (unpaired) electrons. The van der Waals surface area contributed by atoms with Crippen molar-refractivity contribution in [2.24, 2.45) is 18.2 Å². The molecular formula is C8H15N5O. The van der Waals surface area contributed by atoms with Crippen molar-refractivity contribution in [1.29, 1.82) is 0 Å². The number of aryl methyl sites for hydroxylation is 1. The number of primary amides is 1. The molecule has 0 aliphatic rings. The van der Waals surface area contributed by atoms with Crippen molar-refractivity contribution >= 4 is 11.7 Å². The van der Waals surface area contributed by atoms with E-state index in [-0.39, 0.29) is 5.91 Å². The second-order valence-corrected chi connectivity index (χ2v) is 3.84. The summed E-state index contributed by atoms with van der Waals surface area (Å²) in [4.78, 5) is 11.0. The van der Waals surface area contributed by atoms with E-state index in [0.717, 1.165) is 5.82 Å². The average molecular weight is 197 g/mol. The highest BCUT2D eigenvalue weighted by Crippen LogP contribution is 2.14. The number of hydrogen-bond donors (Lipinski definition) is 2. The molecule has 0 aliphatic heterocycles. The van der Waals surface area contributed by atoms with Gasteiger partial charge >= 0.3 is 0 Å². The summed E-state index contributed by atoms with van der Waals surface area (Å²) >= 11 is 0. The molecule has 0 fully saturated rings. The Hall–Kier alpha value is -1.59. The van der Waals surface area contributed by atoms with Gasteiger partial charge in [0.2, 0.25) is 5.91 Å². The Morgan fingerprint density at radius 2 is 2.36 bits per heavy atom. The van der Waals surface area contributed by atoms with Crippen molar-refractivity contribution < 1.29 is 4.79 Å². The lowest BCUT2D eigenvalue weighted by atomic mass is 9.93. The van der Waals surface area contributed by atoms with Crippen molar-refractivity contribution in [3.05, 3.63) is 6.20 Å². The summed E-state index contributed by atoms with van der Waals surface area (Å²) in [5, 5.41) is 10.5. The molecule has 0 unspecified atom stereocenters. The van der Waals surface area contributed by atoms with Gasteiger partial charge in [-0.25, -0.2) is 4.68 Å². The fourth-order valence-corrected chi connectivity index (χ4v) is 0.848. The van der Waals surface area contributed by atoms with Crippen molar-refractivity contribution in [2.45, 2.75) is 13.8 Å². The zero-order valence-corrected chi connectivity index (χ0v) is 8.61. The van der Waals surface area contributed by atoms with E-state index in [9.17, 15) is 4.79 Å². The quantitative estimate of drug-likeness (QED) is 0.696. The number of amides is 1. The maximum atomic E-state index is 11.0. The Bertz CT molecular complexity index is 330. The number of anilines is 1. The summed E-state index contributed by atoms with van der Waals surface area (Å²) in [7, 11) is 1.77. The Balaban J connectivity index is 2.57. The number of aromatic nitrogens is 3. The van der Waals surface area contributed by atoms with Gasteiger partial charge in [0.15, 0.2) is 0 Å². The van der Waals surface area contributed by atoms with Gasteiger partial charge in [0.1, 0.15) is 5.82 Å². The molecule has 3 N–H and O–H groups in total. The third-order valence-electron chi connectivity index (χ3n) is 2.09. The predicted molar refractivity (Wildman–Crippen MR) is 52.5 cm³/mol. The molecule has 6 nitrogen and oxygen atoms in total. The van der Waals surface area contributed by atoms with Crippen LogP contribution in [-0.4, -0.2) is 27.4 Å². The van der Waals surface area contributed by atoms with Crippen LogP contribution in [0.3, 0.4) is 0 Å². The standard InChI is InChI=1S/C8H15N5O/c1-8(2,7(9)14)5-10-6-4-11-12-13(6)3/h4,10H,5H2,1-3H3,(H2,9,14). The summed E-state index contributed by atoms with van der Waals surface area (Å²) in [6.45, 7) is 4.03. The number of carbonyl (C=O) groups excluding carboxylic acids is 1. The molecule has 1 aromatic heterocycles. The van der Waals surface area contributed by atoms with Crippen molar-refractivity contribution in [3.63, 3.8) is 0 Å². The minimum Gasteiger partial charge on any atom is -0.369 e. The molecule has 0 bridgehead atoms. The van der Waals surface area contributed by atoms with Crippen molar-refractivity contribution in [3.8, 4) is 0 Å². The van der Waals surface area contributed by atoms with E-state index in [1.165, 1.54) is 0 Å². The SMILES string of the molecule is Cn1nncc1NCC(C)(C)C(N)=O. The highest BCUT2D eigenvalue weighted by Gasteiger charge is 2.24. The van der Waals surface area contributed by atoms with E-state index in [2.05, 4.69) is 15.6 Å². The first-order valence-electron chi connectivity index (χ1n) is 4.32. The molecule has 78 valence electrons. The van der Waals surface area contributed by atoms with Crippen LogP contribution < -0.4 is 11.1 Å². The molecule has 0 saturated carbocycles. The molecule has 0 aromatic carbocycles. The zero-order chi connectivity index (χ0) is 10.8. The Morgan fingerprint density at radius 3 is 2.79 bits per heavy atom. The third kappa shape index (κ3) is 2.21. The van der Waals surface area contributed by atoms with Gasteiger partial charge in [-0.05, 0) is 13.8 Å². The van der Waals surface area contributed by atoms with Crippen LogP contribution in [0, 0.1) is 5.41 Å². The summed E-state index contributed by atoms with van der Waals surface area (Å²) in [5.41, 5.74) is 4.65. The maximum Gasteiger partial charge on any atom is 0.224 e. The van der Waals surface area contributed by atoms with Gasteiger partial charge < -0.3 is 11.1 Å². The summed E-state index contributed by atoms with van der Waals surface area (Å²) < 4.78 is 1.59. The Kier molecular flexibility index (Phi) is 2.73. The Morgan fingerprint density at radius 1 is 1.71 bits per heavy atom. The first-order chi connectivity index (χ1) is 6.43. The molecule has 1 rings (SSSR count). The summed E-state index contributed by atoms with van der Waals surface area (Å²) in [6.07, 6.45) is 1.59. The third-order valence-corrected chi connectivity index (χ3v) is 2.09. The lowest BCUT2D eigenvalue weighted by Gasteiger charge is -2.20. The highest BCUT2D eigenvalue weighted by molar-refractivity contribution is 5.80. The van der Waals surface area contributed by atoms with Crippen LogP contribution in [0.25, 0.3) is 0 Å². The van der Waals surface area contributed by atoms with Gasteiger partial charge in [-0.2, -0.15) is 0 Å². The lowest BCUT2D eigenvalue weighted by Crippen LogP contribution is -2.37. The minimum atomic E-state index is -0.579. The van der Waals surface area contributed by atoms with Crippen LogP contribution in [0.5, 0.6) is 0 Å². The molecule has 0 aliphatic carbocycles. The number of rotatable bonds is 4. The molecule has 0 saturated heterocycles. The predicted octanol–water partition coefficient (Wildman–Crippen LogP) is -0.261. The van der Waals surface area contributed by atoms with Crippen molar-refractivity contribution in [2.75, 3.05) is 11.9 Å². The van der Waals surface area contributed by atoms with Crippen LogP contribution in [0.1, 0.15) is 13.8 Å². The molecule has 1 amide bonds. The Labute approximate surface area is 82.5 Å². The fourth-order valence-electron chi connectivity index (χ4n) is 0.848. The summed E-state index contributed by atoms with van der Waals surface area (Å²) in [6, 6.07) is 0. The zero-order valence-electron chi connectivity index (χ0n) is 8.61. The van der Waals surface area contributed by atoms with Crippen molar-refractivity contribution in [1.82, 2.24) is 15.0 Å². The largest absolute Gasteiger partial charge is 0.369 e. The van der Waals surface area contributed by atoms with E-state index >= 15 is 0 Å². The first-order valence-corrected chi connectivity index (χ1v) is 4.32. The van der Waals surface area contributed by atoms with Gasteiger partial charge in [-0.15, -0.1) is 5.10 Å². The van der Waals surface area contributed by atoms with Crippen LogP contribution in [0.2, 0.25) is 0 Å². The van der Waals surface area contributed by atoms with Gasteiger partial charge in [-0.1, -0.05) is 5.21 Å². The topological polar surface area (TPSA) is 85.8 Å². The average Bonchev–Trinajstić information content (AvgIpc) is 2.47. The van der Waals surface area contributed by atoms with E-state index in [4.69, 9.17) is 5.73 Å². The van der Waals surface area contributed by atoms with E-state index in [1.54, 1.807) is 31.8 Å². The molecule has 14 heavy (non-hydrogen) atoms. The monoisotopic (exact) mass is 197 g/mol. The number of nitrogens with two attached hydrogens (primary N) is 1. The minimum absolute atomic E-state index is 0.333. The fraction of sp³-hybridized carbons (Fsp3) is 0.625. The van der Waals surface area contributed by atoms with Crippen LogP contribution in [0.4, 0.5) is 5.82 Å². The second kappa shape index (κ2) is 3.65. The number of carbonyl (C=O) groups is 1. The smallest absolute Gasteiger partial charge is 0.224 e. The molecule has 6 heteroatoms.